The maximum atomic E-state index is 13.4. The van der Waals surface area contributed by atoms with Gasteiger partial charge in [0.1, 0.15) is 11.6 Å². The number of anilines is 1. The number of aryl methyl sites for hydroxylation is 1. The molecule has 1 heterocycles. The lowest BCUT2D eigenvalue weighted by molar-refractivity contribution is 0.590. The van der Waals surface area contributed by atoms with Crippen LogP contribution in [0.25, 0.3) is 10.9 Å². The predicted octanol–water partition coefficient (Wildman–Crippen LogP) is 4.02. The van der Waals surface area contributed by atoms with Gasteiger partial charge in [-0.3, -0.25) is 0 Å². The van der Waals surface area contributed by atoms with E-state index in [0.717, 1.165) is 22.3 Å². The first kappa shape index (κ1) is 12.8. The molecule has 0 aliphatic carbocycles. The average Bonchev–Trinajstić information content (AvgIpc) is 2.25. The Hall–Kier alpha value is -1.64. The van der Waals surface area contributed by atoms with Crippen LogP contribution in [0.4, 0.5) is 10.2 Å². The third kappa shape index (κ3) is 2.17. The second-order valence-corrected chi connectivity index (χ2v) is 5.67. The Balaban J connectivity index is 2.82. The van der Waals surface area contributed by atoms with Gasteiger partial charge in [0.15, 0.2) is 0 Å². The second-order valence-electron chi connectivity index (χ2n) is 5.67. The molecule has 2 aromatic rings. The van der Waals surface area contributed by atoms with Crippen LogP contribution in [0.3, 0.4) is 0 Å². The molecule has 2 rings (SSSR count). The fourth-order valence-corrected chi connectivity index (χ4v) is 2.17. The minimum Gasteiger partial charge on any atom is -0.373 e. The lowest BCUT2D eigenvalue weighted by Gasteiger charge is -2.23. The van der Waals surface area contributed by atoms with Crippen LogP contribution >= 0.6 is 0 Å². The average molecular weight is 246 g/mol. The highest BCUT2D eigenvalue weighted by atomic mass is 19.1. The number of fused-ring (bicyclic) bond motifs is 1. The van der Waals surface area contributed by atoms with Gasteiger partial charge in [-0.2, -0.15) is 0 Å². The van der Waals surface area contributed by atoms with E-state index in [1.807, 2.05) is 14.0 Å². The molecule has 0 bridgehead atoms. The largest absolute Gasteiger partial charge is 0.373 e. The molecule has 0 unspecified atom stereocenters. The SMILES string of the molecule is CNc1nc2cc(F)cc(C)c2cc1C(C)(C)C. The first-order valence-corrected chi connectivity index (χ1v) is 6.12. The van der Waals surface area contributed by atoms with Crippen LogP contribution < -0.4 is 5.32 Å². The van der Waals surface area contributed by atoms with Crippen LogP contribution in [0, 0.1) is 12.7 Å². The van der Waals surface area contributed by atoms with E-state index >= 15 is 0 Å². The van der Waals surface area contributed by atoms with Crippen molar-refractivity contribution in [3.63, 3.8) is 0 Å². The molecular weight excluding hydrogens is 227 g/mol. The number of halogens is 1. The van der Waals surface area contributed by atoms with Gasteiger partial charge in [0.2, 0.25) is 0 Å². The summed E-state index contributed by atoms with van der Waals surface area (Å²) < 4.78 is 13.4. The summed E-state index contributed by atoms with van der Waals surface area (Å²) in [6, 6.07) is 5.15. The fourth-order valence-electron chi connectivity index (χ4n) is 2.17. The molecule has 0 atom stereocenters. The van der Waals surface area contributed by atoms with E-state index < -0.39 is 0 Å². The highest BCUT2D eigenvalue weighted by molar-refractivity contribution is 5.85. The van der Waals surface area contributed by atoms with Crippen molar-refractivity contribution in [3.8, 4) is 0 Å². The quantitative estimate of drug-likeness (QED) is 0.822. The van der Waals surface area contributed by atoms with Crippen molar-refractivity contribution in [1.29, 1.82) is 0 Å². The van der Waals surface area contributed by atoms with E-state index in [1.54, 1.807) is 6.07 Å². The van der Waals surface area contributed by atoms with E-state index in [0.29, 0.717) is 5.52 Å². The molecule has 0 saturated carbocycles. The molecule has 0 aliphatic rings. The number of rotatable bonds is 1. The van der Waals surface area contributed by atoms with E-state index in [2.05, 4.69) is 37.1 Å². The van der Waals surface area contributed by atoms with Crippen LogP contribution in [0.15, 0.2) is 18.2 Å². The Bertz CT molecular complexity index is 597. The Morgan fingerprint density at radius 2 is 1.83 bits per heavy atom. The standard InChI is InChI=1S/C15H19FN2/c1-9-6-10(16)7-13-11(9)8-12(15(2,3)4)14(17-5)18-13/h6-8H,1-5H3,(H,17,18). The maximum absolute atomic E-state index is 13.4. The molecule has 1 N–H and O–H groups in total. The van der Waals surface area contributed by atoms with Crippen molar-refractivity contribution in [2.24, 2.45) is 0 Å². The summed E-state index contributed by atoms with van der Waals surface area (Å²) in [5.41, 5.74) is 2.77. The summed E-state index contributed by atoms with van der Waals surface area (Å²) in [7, 11) is 1.84. The van der Waals surface area contributed by atoms with Crippen molar-refractivity contribution in [3.05, 3.63) is 35.1 Å². The van der Waals surface area contributed by atoms with Crippen LogP contribution in [0.1, 0.15) is 31.9 Å². The van der Waals surface area contributed by atoms with Crippen molar-refractivity contribution in [1.82, 2.24) is 4.98 Å². The minimum atomic E-state index is -0.238. The predicted molar refractivity (Wildman–Crippen MR) is 74.7 cm³/mol. The summed E-state index contributed by atoms with van der Waals surface area (Å²) in [5.74, 6) is 0.582. The van der Waals surface area contributed by atoms with Gasteiger partial charge in [0.25, 0.3) is 0 Å². The molecule has 0 aliphatic heterocycles. The van der Waals surface area contributed by atoms with Crippen LogP contribution in [-0.2, 0) is 5.41 Å². The fraction of sp³-hybridized carbons (Fsp3) is 0.400. The van der Waals surface area contributed by atoms with E-state index in [-0.39, 0.29) is 11.2 Å². The summed E-state index contributed by atoms with van der Waals surface area (Å²) in [6.45, 7) is 8.36. The normalized spacial score (nSPS) is 11.9. The smallest absolute Gasteiger partial charge is 0.130 e. The van der Waals surface area contributed by atoms with Crippen LogP contribution in [-0.4, -0.2) is 12.0 Å². The highest BCUT2D eigenvalue weighted by Crippen LogP contribution is 2.32. The number of hydrogen-bond donors (Lipinski definition) is 1. The van der Waals surface area contributed by atoms with Gasteiger partial charge in [-0.15, -0.1) is 0 Å². The molecule has 2 nitrogen and oxygen atoms in total. The third-order valence-electron chi connectivity index (χ3n) is 3.15. The van der Waals surface area contributed by atoms with Gasteiger partial charge < -0.3 is 5.32 Å². The Morgan fingerprint density at radius 1 is 1.17 bits per heavy atom. The Kier molecular flexibility index (Phi) is 3.01. The maximum Gasteiger partial charge on any atom is 0.130 e. The molecular formula is C15H19FN2. The minimum absolute atomic E-state index is 0.000357. The Labute approximate surface area is 107 Å². The monoisotopic (exact) mass is 246 g/mol. The zero-order chi connectivity index (χ0) is 13.5. The zero-order valence-electron chi connectivity index (χ0n) is 11.6. The van der Waals surface area contributed by atoms with Crippen molar-refractivity contribution in [2.75, 3.05) is 12.4 Å². The van der Waals surface area contributed by atoms with Crippen LogP contribution in [0.2, 0.25) is 0 Å². The zero-order valence-corrected chi connectivity index (χ0v) is 11.6. The summed E-state index contributed by atoms with van der Waals surface area (Å²) in [4.78, 5) is 4.53. The third-order valence-corrected chi connectivity index (χ3v) is 3.15. The lowest BCUT2D eigenvalue weighted by Crippen LogP contribution is -2.15. The number of nitrogens with zero attached hydrogens (tertiary/aromatic N) is 1. The molecule has 1 aromatic heterocycles. The second kappa shape index (κ2) is 4.23. The molecule has 96 valence electrons. The lowest BCUT2D eigenvalue weighted by atomic mass is 9.86. The first-order valence-electron chi connectivity index (χ1n) is 6.12. The van der Waals surface area contributed by atoms with Crippen molar-refractivity contribution in [2.45, 2.75) is 33.1 Å². The highest BCUT2D eigenvalue weighted by Gasteiger charge is 2.20. The molecule has 0 saturated heterocycles. The molecule has 1 aromatic carbocycles. The van der Waals surface area contributed by atoms with Gasteiger partial charge in [-0.05, 0) is 30.0 Å². The summed E-state index contributed by atoms with van der Waals surface area (Å²) in [5, 5.41) is 4.11. The molecule has 3 heteroatoms. The Morgan fingerprint density at radius 3 is 2.39 bits per heavy atom. The van der Waals surface area contributed by atoms with E-state index in [4.69, 9.17) is 0 Å². The molecule has 0 fully saturated rings. The number of hydrogen-bond acceptors (Lipinski definition) is 2. The van der Waals surface area contributed by atoms with E-state index in [1.165, 1.54) is 6.07 Å². The van der Waals surface area contributed by atoms with Gasteiger partial charge in [-0.25, -0.2) is 9.37 Å². The van der Waals surface area contributed by atoms with E-state index in [9.17, 15) is 4.39 Å². The van der Waals surface area contributed by atoms with Crippen molar-refractivity contribution >= 4 is 16.7 Å². The number of benzene rings is 1. The van der Waals surface area contributed by atoms with Crippen LogP contribution in [0.5, 0.6) is 0 Å². The summed E-state index contributed by atoms with van der Waals surface area (Å²) in [6.07, 6.45) is 0. The van der Waals surface area contributed by atoms with Gasteiger partial charge in [0.05, 0.1) is 5.52 Å². The topological polar surface area (TPSA) is 24.9 Å². The van der Waals surface area contributed by atoms with Gasteiger partial charge in [0, 0.05) is 24.1 Å². The number of aromatic nitrogens is 1. The summed E-state index contributed by atoms with van der Waals surface area (Å²) >= 11 is 0. The van der Waals surface area contributed by atoms with Gasteiger partial charge in [-0.1, -0.05) is 20.8 Å². The molecule has 0 spiro atoms. The molecule has 0 amide bonds. The molecule has 0 radical (unpaired) electrons. The number of pyridine rings is 1. The van der Waals surface area contributed by atoms with Gasteiger partial charge >= 0.3 is 0 Å². The number of nitrogens with one attached hydrogen (secondary N) is 1. The van der Waals surface area contributed by atoms with Crippen molar-refractivity contribution < 1.29 is 4.39 Å². The first-order chi connectivity index (χ1) is 8.32. The molecule has 18 heavy (non-hydrogen) atoms.